The van der Waals surface area contributed by atoms with Gasteiger partial charge in [-0.15, -0.1) is 0 Å². The van der Waals surface area contributed by atoms with Crippen molar-refractivity contribution < 1.29 is 29.1 Å². The minimum Gasteiger partial charge on any atom is -0.300 e. The molecular weight excluding hydrogens is 195 g/mol. The van der Waals surface area contributed by atoms with E-state index in [9.17, 15) is 9.59 Å². The van der Waals surface area contributed by atoms with Crippen LogP contribution < -0.4 is 0 Å². The molecular formula is C5H8O2Rh. The van der Waals surface area contributed by atoms with Gasteiger partial charge in [0, 0.05) is 19.5 Å². The molecule has 0 bridgehead atoms. The molecule has 0 unspecified atom stereocenters. The molecule has 0 aliphatic heterocycles. The molecule has 0 rings (SSSR count). The summed E-state index contributed by atoms with van der Waals surface area (Å²) >= 11 is 0. The number of hydrogen-bond acceptors (Lipinski definition) is 2. The van der Waals surface area contributed by atoms with Crippen LogP contribution >= 0.6 is 0 Å². The average molecular weight is 203 g/mol. The van der Waals surface area contributed by atoms with Crippen molar-refractivity contribution in [2.75, 3.05) is 0 Å². The molecule has 0 amide bonds. The summed E-state index contributed by atoms with van der Waals surface area (Å²) in [4.78, 5) is 20.1. The topological polar surface area (TPSA) is 34.1 Å². The fraction of sp³-hybridized carbons (Fsp3) is 0.600. The normalized spacial score (nSPS) is 7.25. The smallest absolute Gasteiger partial charge is 0.137 e. The van der Waals surface area contributed by atoms with Crippen molar-refractivity contribution in [3.05, 3.63) is 0 Å². The minimum atomic E-state index is -0.0625. The van der Waals surface area contributed by atoms with Gasteiger partial charge in [0.05, 0.1) is 6.42 Å². The van der Waals surface area contributed by atoms with Gasteiger partial charge in [0.2, 0.25) is 0 Å². The van der Waals surface area contributed by atoms with Crippen molar-refractivity contribution in [3.63, 3.8) is 0 Å². The van der Waals surface area contributed by atoms with E-state index >= 15 is 0 Å². The first kappa shape index (κ1) is 10.9. The third-order valence-corrected chi connectivity index (χ3v) is 0.498. The molecule has 0 aliphatic carbocycles. The quantitative estimate of drug-likeness (QED) is 0.485. The van der Waals surface area contributed by atoms with Crippen LogP contribution in [-0.2, 0) is 29.1 Å². The van der Waals surface area contributed by atoms with Crippen molar-refractivity contribution in [1.82, 2.24) is 0 Å². The van der Waals surface area contributed by atoms with Gasteiger partial charge in [-0.25, -0.2) is 0 Å². The summed E-state index contributed by atoms with van der Waals surface area (Å²) in [7, 11) is 0. The van der Waals surface area contributed by atoms with E-state index in [4.69, 9.17) is 0 Å². The van der Waals surface area contributed by atoms with E-state index in [-0.39, 0.29) is 37.5 Å². The summed E-state index contributed by atoms with van der Waals surface area (Å²) < 4.78 is 0. The number of hydrogen-bond donors (Lipinski definition) is 0. The monoisotopic (exact) mass is 203 g/mol. The Kier molecular flexibility index (Phi) is 6.93. The standard InChI is InChI=1S/C5H8O2.Rh/c1-4(6)3-5(2)7;/h3H2,1-2H3;. The van der Waals surface area contributed by atoms with Gasteiger partial charge in [0.1, 0.15) is 11.6 Å². The first-order chi connectivity index (χ1) is 3.13. The van der Waals surface area contributed by atoms with Crippen LogP contribution in [0.3, 0.4) is 0 Å². The van der Waals surface area contributed by atoms with E-state index in [0.29, 0.717) is 0 Å². The second-order valence-corrected chi connectivity index (χ2v) is 1.58. The predicted molar refractivity (Wildman–Crippen MR) is 26.0 cm³/mol. The Morgan fingerprint density at radius 1 is 1.12 bits per heavy atom. The van der Waals surface area contributed by atoms with Gasteiger partial charge < -0.3 is 0 Å². The number of Topliss-reactive ketones (excluding diaryl/α,β-unsaturated/α-hetero) is 2. The zero-order valence-electron chi connectivity index (χ0n) is 4.86. The molecule has 0 N–H and O–H groups in total. The summed E-state index contributed by atoms with van der Waals surface area (Å²) in [6, 6.07) is 0. The molecule has 0 heterocycles. The van der Waals surface area contributed by atoms with Crippen LogP contribution in [0, 0.1) is 0 Å². The number of ketones is 2. The molecule has 0 saturated carbocycles. The second-order valence-electron chi connectivity index (χ2n) is 1.58. The minimum absolute atomic E-state index is 0. The van der Waals surface area contributed by atoms with Crippen molar-refractivity contribution in [2.45, 2.75) is 20.3 Å². The van der Waals surface area contributed by atoms with E-state index in [1.165, 1.54) is 13.8 Å². The third kappa shape index (κ3) is 9.35. The maximum absolute atomic E-state index is 10.0. The molecule has 0 aromatic rings. The van der Waals surface area contributed by atoms with E-state index in [2.05, 4.69) is 0 Å². The summed E-state index contributed by atoms with van der Waals surface area (Å²) in [5, 5.41) is 0. The summed E-state index contributed by atoms with van der Waals surface area (Å²) in [5.74, 6) is -0.125. The van der Waals surface area contributed by atoms with E-state index < -0.39 is 0 Å². The van der Waals surface area contributed by atoms with Crippen LogP contribution in [0.15, 0.2) is 0 Å². The van der Waals surface area contributed by atoms with Gasteiger partial charge in [0.15, 0.2) is 0 Å². The molecule has 0 aromatic heterocycles. The maximum Gasteiger partial charge on any atom is 0.137 e. The van der Waals surface area contributed by atoms with E-state index in [1.54, 1.807) is 0 Å². The summed E-state index contributed by atoms with van der Waals surface area (Å²) in [6.07, 6.45) is 0.0833. The van der Waals surface area contributed by atoms with E-state index in [0.717, 1.165) is 0 Å². The van der Waals surface area contributed by atoms with E-state index in [1.807, 2.05) is 0 Å². The number of carbonyl (C=O) groups excluding carboxylic acids is 2. The van der Waals surface area contributed by atoms with Crippen LogP contribution in [0.4, 0.5) is 0 Å². The van der Waals surface area contributed by atoms with Crippen LogP contribution in [-0.4, -0.2) is 11.6 Å². The Morgan fingerprint density at radius 2 is 1.38 bits per heavy atom. The molecule has 0 aromatic carbocycles. The molecule has 49 valence electrons. The average Bonchev–Trinajstić information content (AvgIpc) is 1.27. The van der Waals surface area contributed by atoms with Gasteiger partial charge in [0.25, 0.3) is 0 Å². The fourth-order valence-corrected chi connectivity index (χ4v) is 0.351. The van der Waals surface area contributed by atoms with Crippen molar-refractivity contribution in [1.29, 1.82) is 0 Å². The first-order valence-corrected chi connectivity index (χ1v) is 2.12. The summed E-state index contributed by atoms with van der Waals surface area (Å²) in [6.45, 7) is 2.81. The molecule has 2 nitrogen and oxygen atoms in total. The largest absolute Gasteiger partial charge is 0.300 e. The Labute approximate surface area is 61.4 Å². The SMILES string of the molecule is CC(=O)CC(C)=O.[Rh]. The van der Waals surface area contributed by atoms with Crippen LogP contribution in [0.5, 0.6) is 0 Å². The van der Waals surface area contributed by atoms with Crippen molar-refractivity contribution >= 4 is 11.6 Å². The zero-order valence-corrected chi connectivity index (χ0v) is 6.50. The van der Waals surface area contributed by atoms with Gasteiger partial charge in [-0.1, -0.05) is 0 Å². The van der Waals surface area contributed by atoms with Crippen LogP contribution in [0.25, 0.3) is 0 Å². The molecule has 3 heteroatoms. The maximum atomic E-state index is 10.0. The number of rotatable bonds is 2. The Bertz CT molecular complexity index is 86.6. The zero-order chi connectivity index (χ0) is 5.86. The Morgan fingerprint density at radius 3 is 1.38 bits per heavy atom. The third-order valence-electron chi connectivity index (χ3n) is 0.498. The van der Waals surface area contributed by atoms with Crippen LogP contribution in [0.2, 0.25) is 0 Å². The molecule has 0 saturated heterocycles. The first-order valence-electron chi connectivity index (χ1n) is 2.12. The Hall–Kier alpha value is -0.0366. The molecule has 1 radical (unpaired) electrons. The van der Waals surface area contributed by atoms with Gasteiger partial charge in [-0.05, 0) is 13.8 Å². The molecule has 8 heavy (non-hydrogen) atoms. The van der Waals surface area contributed by atoms with Crippen LogP contribution in [0.1, 0.15) is 20.3 Å². The number of carbonyl (C=O) groups is 2. The summed E-state index contributed by atoms with van der Waals surface area (Å²) in [5.41, 5.74) is 0. The van der Waals surface area contributed by atoms with Gasteiger partial charge in [-0.3, -0.25) is 9.59 Å². The molecule has 0 spiro atoms. The Balaban J connectivity index is 0. The van der Waals surface area contributed by atoms with Crippen molar-refractivity contribution in [2.24, 2.45) is 0 Å². The molecule has 0 aliphatic rings. The van der Waals surface area contributed by atoms with Gasteiger partial charge in [-0.2, -0.15) is 0 Å². The predicted octanol–water partition coefficient (Wildman–Crippen LogP) is 0.552. The van der Waals surface area contributed by atoms with Gasteiger partial charge >= 0.3 is 0 Å². The molecule has 0 atom stereocenters. The van der Waals surface area contributed by atoms with Crippen molar-refractivity contribution in [3.8, 4) is 0 Å². The molecule has 0 fully saturated rings. The fourth-order valence-electron chi connectivity index (χ4n) is 0.351. The second kappa shape index (κ2) is 5.11.